The van der Waals surface area contributed by atoms with E-state index in [0.29, 0.717) is 25.3 Å². The molecule has 1 aromatic heterocycles. The van der Waals surface area contributed by atoms with Crippen LogP contribution in [0.4, 0.5) is 4.39 Å². The van der Waals surface area contributed by atoms with Gasteiger partial charge in [0.05, 0.1) is 13.7 Å². The molecular weight excluding hydrogens is 471 g/mol. The van der Waals surface area contributed by atoms with Gasteiger partial charge in [-0.2, -0.15) is 0 Å². The second-order valence-corrected chi connectivity index (χ2v) is 8.88. The molecule has 1 aliphatic rings. The molecule has 0 aliphatic heterocycles. The van der Waals surface area contributed by atoms with Gasteiger partial charge < -0.3 is 14.8 Å². The first-order valence-corrected chi connectivity index (χ1v) is 12.6. The molecule has 0 saturated heterocycles. The van der Waals surface area contributed by atoms with Crippen LogP contribution < -0.4 is 10.1 Å². The predicted molar refractivity (Wildman–Crippen MR) is 141 cm³/mol. The molecule has 7 heteroatoms. The van der Waals surface area contributed by atoms with Crippen LogP contribution in [0.5, 0.6) is 5.88 Å². The summed E-state index contributed by atoms with van der Waals surface area (Å²) in [4.78, 5) is 27.6. The quantitative estimate of drug-likeness (QED) is 0.196. The van der Waals surface area contributed by atoms with Gasteiger partial charge in [-0.1, -0.05) is 43.2 Å². The Hall–Kier alpha value is -4.00. The second-order valence-electron chi connectivity index (χ2n) is 8.88. The molecule has 0 fully saturated rings. The highest BCUT2D eigenvalue weighted by molar-refractivity contribution is 6.06. The average molecular weight is 503 g/mol. The third kappa shape index (κ3) is 6.82. The highest BCUT2D eigenvalue weighted by Crippen LogP contribution is 2.45. The third-order valence-electron chi connectivity index (χ3n) is 6.31. The number of pyridine rings is 1. The summed E-state index contributed by atoms with van der Waals surface area (Å²) in [6.45, 7) is 0.643. The van der Waals surface area contributed by atoms with Crippen LogP contribution in [0.25, 0.3) is 22.8 Å². The van der Waals surface area contributed by atoms with Crippen molar-refractivity contribution in [2.75, 3.05) is 20.3 Å². The van der Waals surface area contributed by atoms with Gasteiger partial charge in [0, 0.05) is 24.6 Å². The van der Waals surface area contributed by atoms with Gasteiger partial charge >= 0.3 is 5.97 Å². The number of amides is 1. The molecule has 2 aromatic carbocycles. The molecule has 0 bridgehead atoms. The summed E-state index contributed by atoms with van der Waals surface area (Å²) in [6.07, 6.45) is 7.83. The van der Waals surface area contributed by atoms with Gasteiger partial charge in [-0.15, -0.1) is 0 Å². The van der Waals surface area contributed by atoms with E-state index in [1.165, 1.54) is 13.2 Å². The van der Waals surface area contributed by atoms with Crippen LogP contribution in [0.15, 0.2) is 60.8 Å². The number of benzene rings is 2. The monoisotopic (exact) mass is 502 g/mol. The number of ether oxygens (including phenoxy) is 2. The standard InChI is InChI=1S/C30H31FN2O4/c1-36-29(35)13-5-3-2-4-12-28(34)32-17-18-37-30-21(9-8-16-33-30)19-26-24-11-7-6-10-23(24)25-15-14-22(31)20-27(25)26/h6-11,14-16,19-20H,2-5,12-13,17-18H2,1H3,(H,32,34). The highest BCUT2D eigenvalue weighted by atomic mass is 19.1. The molecule has 1 aliphatic carbocycles. The van der Waals surface area contributed by atoms with Gasteiger partial charge in [0.1, 0.15) is 12.4 Å². The van der Waals surface area contributed by atoms with E-state index in [-0.39, 0.29) is 24.3 Å². The van der Waals surface area contributed by atoms with Crippen molar-refractivity contribution in [3.8, 4) is 17.0 Å². The zero-order chi connectivity index (χ0) is 26.0. The molecule has 37 heavy (non-hydrogen) atoms. The summed E-state index contributed by atoms with van der Waals surface area (Å²) in [5.41, 5.74) is 5.65. The van der Waals surface area contributed by atoms with Crippen molar-refractivity contribution in [1.82, 2.24) is 10.3 Å². The molecule has 4 rings (SSSR count). The Bertz CT molecular complexity index is 1290. The number of carbonyl (C=O) groups excluding carboxylic acids is 2. The molecule has 6 nitrogen and oxygen atoms in total. The summed E-state index contributed by atoms with van der Waals surface area (Å²) in [7, 11) is 1.39. The number of nitrogens with zero attached hydrogens (tertiary/aromatic N) is 1. The number of aromatic nitrogens is 1. The van der Waals surface area contributed by atoms with Crippen molar-refractivity contribution in [1.29, 1.82) is 0 Å². The van der Waals surface area contributed by atoms with Crippen molar-refractivity contribution in [2.45, 2.75) is 38.5 Å². The molecule has 0 atom stereocenters. The van der Waals surface area contributed by atoms with Gasteiger partial charge in [0.2, 0.25) is 11.8 Å². The van der Waals surface area contributed by atoms with Crippen LogP contribution in [-0.4, -0.2) is 37.1 Å². The molecule has 1 N–H and O–H groups in total. The molecule has 0 radical (unpaired) electrons. The Labute approximate surface area is 216 Å². The van der Waals surface area contributed by atoms with Gasteiger partial charge in [-0.05, 0) is 71.0 Å². The average Bonchev–Trinajstić information content (AvgIpc) is 3.21. The van der Waals surface area contributed by atoms with Crippen molar-refractivity contribution >= 4 is 23.5 Å². The van der Waals surface area contributed by atoms with E-state index in [1.54, 1.807) is 12.3 Å². The molecule has 1 amide bonds. The molecular formula is C30H31FN2O4. The van der Waals surface area contributed by atoms with Crippen LogP contribution in [0.3, 0.4) is 0 Å². The number of esters is 1. The number of methoxy groups -OCH3 is 1. The fourth-order valence-corrected chi connectivity index (χ4v) is 4.45. The maximum Gasteiger partial charge on any atom is 0.305 e. The van der Waals surface area contributed by atoms with E-state index < -0.39 is 0 Å². The number of fused-ring (bicyclic) bond motifs is 3. The van der Waals surface area contributed by atoms with Crippen molar-refractivity contribution < 1.29 is 23.5 Å². The minimum Gasteiger partial charge on any atom is -0.475 e. The Kier molecular flexibility index (Phi) is 9.03. The molecule has 0 saturated carbocycles. The zero-order valence-electron chi connectivity index (χ0n) is 21.0. The molecule has 0 unspecified atom stereocenters. The number of nitrogens with one attached hydrogen (secondary N) is 1. The van der Waals surface area contributed by atoms with Crippen molar-refractivity contribution in [2.24, 2.45) is 0 Å². The Morgan fingerprint density at radius 2 is 1.68 bits per heavy atom. The maximum atomic E-state index is 14.1. The predicted octanol–water partition coefficient (Wildman–Crippen LogP) is 5.80. The number of carbonyl (C=O) groups is 2. The molecule has 192 valence electrons. The van der Waals surface area contributed by atoms with E-state index in [9.17, 15) is 14.0 Å². The number of hydrogen-bond acceptors (Lipinski definition) is 5. The summed E-state index contributed by atoms with van der Waals surface area (Å²) < 4.78 is 24.6. The first-order valence-electron chi connectivity index (χ1n) is 12.6. The number of unbranched alkanes of at least 4 members (excludes halogenated alkanes) is 3. The van der Waals surface area contributed by atoms with Crippen LogP contribution in [-0.2, 0) is 14.3 Å². The normalized spacial score (nSPS) is 12.6. The zero-order valence-corrected chi connectivity index (χ0v) is 21.0. The molecule has 3 aromatic rings. The summed E-state index contributed by atoms with van der Waals surface area (Å²) >= 11 is 0. The van der Waals surface area contributed by atoms with E-state index >= 15 is 0 Å². The van der Waals surface area contributed by atoms with Crippen LogP contribution in [0.1, 0.15) is 55.2 Å². The minimum atomic E-state index is -0.281. The van der Waals surface area contributed by atoms with E-state index in [1.807, 2.05) is 48.5 Å². The maximum absolute atomic E-state index is 14.1. The molecule has 0 spiro atoms. The lowest BCUT2D eigenvalue weighted by atomic mass is 10.0. The van der Waals surface area contributed by atoms with Crippen molar-refractivity contribution in [3.63, 3.8) is 0 Å². The van der Waals surface area contributed by atoms with Gasteiger partial charge in [0.15, 0.2) is 0 Å². The minimum absolute atomic E-state index is 0.0267. The second kappa shape index (κ2) is 12.8. The van der Waals surface area contributed by atoms with E-state index in [0.717, 1.165) is 59.1 Å². The van der Waals surface area contributed by atoms with E-state index in [2.05, 4.69) is 15.0 Å². The SMILES string of the molecule is COC(=O)CCCCCCC(=O)NCCOc1ncccc1C=C1c2ccccc2-c2ccc(F)cc21. The highest BCUT2D eigenvalue weighted by Gasteiger charge is 2.24. The lowest BCUT2D eigenvalue weighted by molar-refractivity contribution is -0.140. The summed E-state index contributed by atoms with van der Waals surface area (Å²) in [5.74, 6) is -0.0489. The van der Waals surface area contributed by atoms with Crippen LogP contribution >= 0.6 is 0 Å². The van der Waals surface area contributed by atoms with Crippen LogP contribution in [0, 0.1) is 5.82 Å². The van der Waals surface area contributed by atoms with Gasteiger partial charge in [-0.3, -0.25) is 9.59 Å². The topological polar surface area (TPSA) is 77.5 Å². The summed E-state index contributed by atoms with van der Waals surface area (Å²) in [5, 5.41) is 2.87. The number of halogens is 1. The smallest absolute Gasteiger partial charge is 0.305 e. The number of rotatable bonds is 12. The fraction of sp³-hybridized carbons (Fsp3) is 0.300. The molecule has 1 heterocycles. The first-order chi connectivity index (χ1) is 18.1. The Morgan fingerprint density at radius 1 is 0.919 bits per heavy atom. The Balaban J connectivity index is 1.31. The lowest BCUT2D eigenvalue weighted by Gasteiger charge is -2.10. The third-order valence-corrected chi connectivity index (χ3v) is 6.31. The lowest BCUT2D eigenvalue weighted by Crippen LogP contribution is -2.28. The fourth-order valence-electron chi connectivity index (χ4n) is 4.45. The summed E-state index contributed by atoms with van der Waals surface area (Å²) in [6, 6.07) is 16.6. The van der Waals surface area contributed by atoms with Crippen molar-refractivity contribution in [3.05, 3.63) is 83.3 Å². The van der Waals surface area contributed by atoms with Gasteiger partial charge in [-0.25, -0.2) is 9.37 Å². The van der Waals surface area contributed by atoms with E-state index in [4.69, 9.17) is 4.74 Å². The Morgan fingerprint density at radius 3 is 2.49 bits per heavy atom. The first kappa shape index (κ1) is 26.1. The largest absolute Gasteiger partial charge is 0.475 e. The van der Waals surface area contributed by atoms with Crippen LogP contribution in [0.2, 0.25) is 0 Å². The number of hydrogen-bond donors (Lipinski definition) is 1. The van der Waals surface area contributed by atoms with Gasteiger partial charge in [0.25, 0.3) is 0 Å².